The summed E-state index contributed by atoms with van der Waals surface area (Å²) in [7, 11) is 0. The standard InChI is InChI=1S/C15H20N2O3/c1-10(12(16)11-8-6-5-7-9-11)13(18)17-14(19)20-15(2,3)4/h5-9,12H,1,16H2,2-4H3,(H,17,18,19). The van der Waals surface area contributed by atoms with E-state index in [1.807, 2.05) is 18.2 Å². The van der Waals surface area contributed by atoms with Crippen molar-refractivity contribution in [1.82, 2.24) is 5.32 Å². The highest BCUT2D eigenvalue weighted by Gasteiger charge is 2.22. The van der Waals surface area contributed by atoms with Gasteiger partial charge < -0.3 is 10.5 Å². The Kier molecular flexibility index (Phi) is 5.05. The van der Waals surface area contributed by atoms with E-state index in [1.165, 1.54) is 0 Å². The average molecular weight is 276 g/mol. The normalized spacial score (nSPS) is 12.4. The predicted octanol–water partition coefficient (Wildman–Crippen LogP) is 2.29. The highest BCUT2D eigenvalue weighted by Crippen LogP contribution is 2.17. The summed E-state index contributed by atoms with van der Waals surface area (Å²) in [5.41, 5.74) is 6.10. The maximum absolute atomic E-state index is 11.9. The predicted molar refractivity (Wildman–Crippen MR) is 76.9 cm³/mol. The first-order valence-electron chi connectivity index (χ1n) is 6.24. The molecule has 0 saturated carbocycles. The molecular weight excluding hydrogens is 256 g/mol. The first-order valence-corrected chi connectivity index (χ1v) is 6.24. The molecular formula is C15H20N2O3. The lowest BCUT2D eigenvalue weighted by atomic mass is 10.0. The van der Waals surface area contributed by atoms with Crippen molar-refractivity contribution < 1.29 is 14.3 Å². The molecule has 0 bridgehead atoms. The second kappa shape index (κ2) is 6.34. The van der Waals surface area contributed by atoms with Gasteiger partial charge in [0.05, 0.1) is 6.04 Å². The number of carbonyl (C=O) groups is 2. The van der Waals surface area contributed by atoms with Crippen LogP contribution in [-0.4, -0.2) is 17.6 Å². The molecule has 0 spiro atoms. The second-order valence-corrected chi connectivity index (χ2v) is 5.37. The number of hydrogen-bond donors (Lipinski definition) is 2. The molecule has 0 fully saturated rings. The molecule has 1 atom stereocenters. The van der Waals surface area contributed by atoms with Crippen LogP contribution in [0.4, 0.5) is 4.79 Å². The molecule has 108 valence electrons. The van der Waals surface area contributed by atoms with Crippen molar-refractivity contribution >= 4 is 12.0 Å². The van der Waals surface area contributed by atoms with E-state index in [2.05, 4.69) is 11.9 Å². The Labute approximate surface area is 118 Å². The van der Waals surface area contributed by atoms with Gasteiger partial charge in [0.25, 0.3) is 5.91 Å². The van der Waals surface area contributed by atoms with Crippen LogP contribution in [-0.2, 0) is 9.53 Å². The number of nitrogens with two attached hydrogens (primary N) is 1. The number of alkyl carbamates (subject to hydrolysis) is 1. The molecule has 0 aliphatic carbocycles. The summed E-state index contributed by atoms with van der Waals surface area (Å²) >= 11 is 0. The molecule has 0 aromatic heterocycles. The van der Waals surface area contributed by atoms with Crippen molar-refractivity contribution in [3.63, 3.8) is 0 Å². The fraction of sp³-hybridized carbons (Fsp3) is 0.333. The van der Waals surface area contributed by atoms with Crippen LogP contribution in [0.25, 0.3) is 0 Å². The van der Waals surface area contributed by atoms with E-state index in [0.29, 0.717) is 0 Å². The summed E-state index contributed by atoms with van der Waals surface area (Å²) in [6.45, 7) is 8.77. The number of hydrogen-bond acceptors (Lipinski definition) is 4. The van der Waals surface area contributed by atoms with Crippen molar-refractivity contribution in [2.24, 2.45) is 5.73 Å². The summed E-state index contributed by atoms with van der Waals surface area (Å²) in [4.78, 5) is 23.4. The Hall–Kier alpha value is -2.14. The Morgan fingerprint density at radius 1 is 1.25 bits per heavy atom. The topological polar surface area (TPSA) is 81.4 Å². The first kappa shape index (κ1) is 15.9. The molecule has 0 radical (unpaired) electrons. The van der Waals surface area contributed by atoms with Crippen LogP contribution in [0, 0.1) is 0 Å². The third kappa shape index (κ3) is 4.85. The molecule has 2 amide bonds. The minimum Gasteiger partial charge on any atom is -0.444 e. The molecule has 5 heteroatoms. The Morgan fingerprint density at radius 3 is 2.30 bits per heavy atom. The second-order valence-electron chi connectivity index (χ2n) is 5.37. The number of rotatable bonds is 3. The number of imide groups is 1. The van der Waals surface area contributed by atoms with Gasteiger partial charge in [-0.15, -0.1) is 0 Å². The minimum absolute atomic E-state index is 0.0991. The van der Waals surface area contributed by atoms with Gasteiger partial charge in [-0.1, -0.05) is 36.9 Å². The lowest BCUT2D eigenvalue weighted by Gasteiger charge is -2.20. The van der Waals surface area contributed by atoms with Crippen LogP contribution < -0.4 is 11.1 Å². The zero-order chi connectivity index (χ0) is 15.3. The van der Waals surface area contributed by atoms with Gasteiger partial charge in [-0.25, -0.2) is 4.79 Å². The Morgan fingerprint density at radius 2 is 1.80 bits per heavy atom. The van der Waals surface area contributed by atoms with E-state index < -0.39 is 23.6 Å². The molecule has 0 heterocycles. The molecule has 0 aliphatic rings. The number of benzene rings is 1. The van der Waals surface area contributed by atoms with E-state index in [9.17, 15) is 9.59 Å². The van der Waals surface area contributed by atoms with Gasteiger partial charge in [-0.2, -0.15) is 0 Å². The van der Waals surface area contributed by atoms with E-state index in [0.717, 1.165) is 5.56 Å². The zero-order valence-electron chi connectivity index (χ0n) is 12.0. The molecule has 20 heavy (non-hydrogen) atoms. The molecule has 1 rings (SSSR count). The van der Waals surface area contributed by atoms with Gasteiger partial charge in [0.1, 0.15) is 5.60 Å². The lowest BCUT2D eigenvalue weighted by molar-refractivity contribution is -0.117. The fourth-order valence-electron chi connectivity index (χ4n) is 1.48. The molecule has 1 aromatic carbocycles. The van der Waals surface area contributed by atoms with Crippen LogP contribution in [0.5, 0.6) is 0 Å². The van der Waals surface area contributed by atoms with Crippen LogP contribution >= 0.6 is 0 Å². The SMILES string of the molecule is C=C(C(=O)NC(=O)OC(C)(C)C)C(N)c1ccccc1. The quantitative estimate of drug-likeness (QED) is 0.830. The number of nitrogens with one attached hydrogen (secondary N) is 1. The molecule has 3 N–H and O–H groups in total. The first-order chi connectivity index (χ1) is 9.20. The maximum Gasteiger partial charge on any atom is 0.414 e. The van der Waals surface area contributed by atoms with Crippen molar-refractivity contribution in [1.29, 1.82) is 0 Å². The van der Waals surface area contributed by atoms with Gasteiger partial charge in [0.2, 0.25) is 0 Å². The highest BCUT2D eigenvalue weighted by atomic mass is 16.6. The minimum atomic E-state index is -0.816. The summed E-state index contributed by atoms with van der Waals surface area (Å²) in [6, 6.07) is 8.38. The summed E-state index contributed by atoms with van der Waals surface area (Å²) < 4.78 is 4.99. The lowest BCUT2D eigenvalue weighted by Crippen LogP contribution is -2.38. The third-order valence-corrected chi connectivity index (χ3v) is 2.44. The Bertz CT molecular complexity index is 504. The van der Waals surface area contributed by atoms with Gasteiger partial charge in [0.15, 0.2) is 0 Å². The number of carbonyl (C=O) groups excluding carboxylic acids is 2. The third-order valence-electron chi connectivity index (χ3n) is 2.44. The molecule has 5 nitrogen and oxygen atoms in total. The summed E-state index contributed by atoms with van der Waals surface area (Å²) in [6.07, 6.45) is -0.816. The van der Waals surface area contributed by atoms with Gasteiger partial charge >= 0.3 is 6.09 Å². The zero-order valence-corrected chi connectivity index (χ0v) is 12.0. The summed E-state index contributed by atoms with van der Waals surface area (Å²) in [5.74, 6) is -0.643. The Balaban J connectivity index is 2.64. The van der Waals surface area contributed by atoms with Crippen molar-refractivity contribution in [3.05, 3.63) is 48.0 Å². The van der Waals surface area contributed by atoms with Gasteiger partial charge in [-0.05, 0) is 26.3 Å². The van der Waals surface area contributed by atoms with Crippen LogP contribution in [0.3, 0.4) is 0 Å². The highest BCUT2D eigenvalue weighted by molar-refractivity contribution is 6.02. The number of ether oxygens (including phenoxy) is 1. The average Bonchev–Trinajstić information content (AvgIpc) is 2.35. The van der Waals surface area contributed by atoms with Crippen molar-refractivity contribution in [2.75, 3.05) is 0 Å². The van der Waals surface area contributed by atoms with Crippen LogP contribution in [0.1, 0.15) is 32.4 Å². The van der Waals surface area contributed by atoms with E-state index in [1.54, 1.807) is 32.9 Å². The smallest absolute Gasteiger partial charge is 0.414 e. The van der Waals surface area contributed by atoms with E-state index in [4.69, 9.17) is 10.5 Å². The van der Waals surface area contributed by atoms with Crippen molar-refractivity contribution in [3.8, 4) is 0 Å². The van der Waals surface area contributed by atoms with Crippen LogP contribution in [0.15, 0.2) is 42.5 Å². The van der Waals surface area contributed by atoms with E-state index >= 15 is 0 Å². The van der Waals surface area contributed by atoms with Crippen molar-refractivity contribution in [2.45, 2.75) is 32.4 Å². The van der Waals surface area contributed by atoms with E-state index in [-0.39, 0.29) is 5.57 Å². The molecule has 1 aromatic rings. The molecule has 0 aliphatic heterocycles. The summed E-state index contributed by atoms with van der Waals surface area (Å²) in [5, 5.41) is 2.11. The monoisotopic (exact) mass is 276 g/mol. The maximum atomic E-state index is 11.9. The van der Waals surface area contributed by atoms with Crippen LogP contribution in [0.2, 0.25) is 0 Å². The van der Waals surface area contributed by atoms with Gasteiger partial charge in [0, 0.05) is 5.57 Å². The fourth-order valence-corrected chi connectivity index (χ4v) is 1.48. The molecule has 0 saturated heterocycles. The van der Waals surface area contributed by atoms with Gasteiger partial charge in [-0.3, -0.25) is 10.1 Å². The number of amides is 2. The molecule has 1 unspecified atom stereocenters. The largest absolute Gasteiger partial charge is 0.444 e.